The van der Waals surface area contributed by atoms with Gasteiger partial charge in [-0.05, 0) is 20.4 Å². The Morgan fingerprint density at radius 3 is 2.84 bits per heavy atom. The molecule has 7 nitrogen and oxygen atoms in total. The summed E-state index contributed by atoms with van der Waals surface area (Å²) < 4.78 is 1.73. The molecule has 104 valence electrons. The molecule has 3 N–H and O–H groups in total. The molecule has 0 aromatic carbocycles. The number of fused-ring (bicyclic) bond motifs is 1. The second-order valence-corrected chi connectivity index (χ2v) is 4.81. The molecule has 2 aromatic heterocycles. The first-order valence-corrected chi connectivity index (χ1v) is 6.42. The SMILES string of the molecule is CCC(C)N(C)Cc1nc(NN)c2cnn(C)c2n1. The van der Waals surface area contributed by atoms with Gasteiger partial charge in [-0.2, -0.15) is 5.10 Å². The minimum atomic E-state index is 0.486. The summed E-state index contributed by atoms with van der Waals surface area (Å²) in [6.45, 7) is 5.04. The van der Waals surface area contributed by atoms with Crippen molar-refractivity contribution in [2.45, 2.75) is 32.9 Å². The number of hydrogen-bond acceptors (Lipinski definition) is 6. The summed E-state index contributed by atoms with van der Waals surface area (Å²) in [6.07, 6.45) is 2.80. The van der Waals surface area contributed by atoms with E-state index in [9.17, 15) is 0 Å². The molecule has 0 amide bonds. The molecule has 1 atom stereocenters. The van der Waals surface area contributed by atoms with Gasteiger partial charge in [-0.3, -0.25) is 9.58 Å². The fourth-order valence-corrected chi connectivity index (χ4v) is 1.94. The van der Waals surface area contributed by atoms with Crippen LogP contribution in [0.25, 0.3) is 11.0 Å². The second kappa shape index (κ2) is 5.50. The van der Waals surface area contributed by atoms with Gasteiger partial charge in [-0.1, -0.05) is 6.92 Å². The van der Waals surface area contributed by atoms with Crippen molar-refractivity contribution in [2.75, 3.05) is 12.5 Å². The van der Waals surface area contributed by atoms with E-state index in [1.807, 2.05) is 7.05 Å². The topological polar surface area (TPSA) is 84.9 Å². The lowest BCUT2D eigenvalue weighted by atomic mass is 10.2. The van der Waals surface area contributed by atoms with Gasteiger partial charge in [0.05, 0.1) is 18.1 Å². The summed E-state index contributed by atoms with van der Waals surface area (Å²) >= 11 is 0. The van der Waals surface area contributed by atoms with Gasteiger partial charge in [0.25, 0.3) is 0 Å². The van der Waals surface area contributed by atoms with E-state index in [0.717, 1.165) is 23.3 Å². The van der Waals surface area contributed by atoms with Crippen molar-refractivity contribution in [3.63, 3.8) is 0 Å². The van der Waals surface area contributed by atoms with E-state index in [-0.39, 0.29) is 0 Å². The number of nitrogens with one attached hydrogen (secondary N) is 1. The van der Waals surface area contributed by atoms with Gasteiger partial charge in [0, 0.05) is 13.1 Å². The Bertz CT molecular complexity index is 562. The Kier molecular flexibility index (Phi) is 3.96. The van der Waals surface area contributed by atoms with Gasteiger partial charge < -0.3 is 5.43 Å². The lowest BCUT2D eigenvalue weighted by Crippen LogP contribution is -2.29. The van der Waals surface area contributed by atoms with Crippen LogP contribution in [0.15, 0.2) is 6.20 Å². The van der Waals surface area contributed by atoms with Crippen LogP contribution in [-0.4, -0.2) is 37.7 Å². The first kappa shape index (κ1) is 13.7. The molecule has 0 bridgehead atoms. The molecule has 1 unspecified atom stereocenters. The second-order valence-electron chi connectivity index (χ2n) is 4.81. The highest BCUT2D eigenvalue weighted by Gasteiger charge is 2.14. The van der Waals surface area contributed by atoms with Crippen molar-refractivity contribution in [3.8, 4) is 0 Å². The maximum Gasteiger partial charge on any atom is 0.163 e. The molecule has 0 aliphatic heterocycles. The van der Waals surface area contributed by atoms with Gasteiger partial charge in [0.1, 0.15) is 5.82 Å². The van der Waals surface area contributed by atoms with Crippen LogP contribution < -0.4 is 11.3 Å². The Morgan fingerprint density at radius 2 is 2.21 bits per heavy atom. The zero-order valence-corrected chi connectivity index (χ0v) is 11.9. The zero-order chi connectivity index (χ0) is 14.0. The molecular formula is C12H21N7. The van der Waals surface area contributed by atoms with Crippen LogP contribution in [0.3, 0.4) is 0 Å². The van der Waals surface area contributed by atoms with Gasteiger partial charge >= 0.3 is 0 Å². The number of nitrogens with two attached hydrogens (primary N) is 1. The first-order valence-electron chi connectivity index (χ1n) is 6.42. The summed E-state index contributed by atoms with van der Waals surface area (Å²) in [5.74, 6) is 6.88. The van der Waals surface area contributed by atoms with Crippen molar-refractivity contribution < 1.29 is 0 Å². The van der Waals surface area contributed by atoms with Gasteiger partial charge in [0.15, 0.2) is 11.5 Å². The number of anilines is 1. The predicted octanol–water partition coefficient (Wildman–Crippen LogP) is 0.879. The Labute approximate surface area is 112 Å². The molecule has 0 fully saturated rings. The molecule has 0 spiro atoms. The molecule has 2 heterocycles. The molecular weight excluding hydrogens is 242 g/mol. The largest absolute Gasteiger partial charge is 0.308 e. The van der Waals surface area contributed by atoms with Crippen molar-refractivity contribution in [2.24, 2.45) is 12.9 Å². The lowest BCUT2D eigenvalue weighted by molar-refractivity contribution is 0.238. The number of aromatic nitrogens is 4. The highest BCUT2D eigenvalue weighted by molar-refractivity contribution is 5.86. The van der Waals surface area contributed by atoms with Gasteiger partial charge in [-0.25, -0.2) is 15.8 Å². The molecule has 0 saturated heterocycles. The Hall–Kier alpha value is -1.73. The number of hydrogen-bond donors (Lipinski definition) is 2. The molecule has 0 radical (unpaired) electrons. The van der Waals surface area contributed by atoms with Crippen LogP contribution in [0.5, 0.6) is 0 Å². The van der Waals surface area contributed by atoms with E-state index in [1.165, 1.54) is 0 Å². The van der Waals surface area contributed by atoms with Gasteiger partial charge in [0.2, 0.25) is 0 Å². The number of rotatable bonds is 5. The minimum Gasteiger partial charge on any atom is -0.308 e. The quantitative estimate of drug-likeness (QED) is 0.615. The van der Waals surface area contributed by atoms with Crippen LogP contribution in [0, 0.1) is 0 Å². The highest BCUT2D eigenvalue weighted by atomic mass is 15.3. The summed E-state index contributed by atoms with van der Waals surface area (Å²) in [5.41, 5.74) is 3.40. The van der Waals surface area contributed by atoms with Crippen LogP contribution in [-0.2, 0) is 13.6 Å². The third-order valence-corrected chi connectivity index (χ3v) is 3.51. The van der Waals surface area contributed by atoms with E-state index < -0.39 is 0 Å². The van der Waals surface area contributed by atoms with E-state index in [1.54, 1.807) is 10.9 Å². The van der Waals surface area contributed by atoms with E-state index in [0.29, 0.717) is 18.4 Å². The highest BCUT2D eigenvalue weighted by Crippen LogP contribution is 2.19. The third-order valence-electron chi connectivity index (χ3n) is 3.51. The summed E-state index contributed by atoms with van der Waals surface area (Å²) in [7, 11) is 3.93. The standard InChI is InChI=1S/C12H21N7/c1-5-8(2)18(3)7-10-15-11(17-13)9-6-14-19(4)12(9)16-10/h6,8H,5,7,13H2,1-4H3,(H,15,16,17). The van der Waals surface area contributed by atoms with Crippen LogP contribution >= 0.6 is 0 Å². The lowest BCUT2D eigenvalue weighted by Gasteiger charge is -2.22. The average molecular weight is 263 g/mol. The monoisotopic (exact) mass is 263 g/mol. The molecule has 7 heteroatoms. The fourth-order valence-electron chi connectivity index (χ4n) is 1.94. The van der Waals surface area contributed by atoms with Crippen molar-refractivity contribution in [3.05, 3.63) is 12.0 Å². The van der Waals surface area contributed by atoms with Crippen molar-refractivity contribution >= 4 is 16.9 Å². The van der Waals surface area contributed by atoms with E-state index in [4.69, 9.17) is 5.84 Å². The number of nitrogens with zero attached hydrogens (tertiary/aromatic N) is 5. The van der Waals surface area contributed by atoms with Crippen molar-refractivity contribution in [1.29, 1.82) is 0 Å². The van der Waals surface area contributed by atoms with E-state index in [2.05, 4.69) is 46.3 Å². The molecule has 0 aliphatic rings. The zero-order valence-electron chi connectivity index (χ0n) is 11.9. The molecule has 0 aliphatic carbocycles. The van der Waals surface area contributed by atoms with Crippen molar-refractivity contribution in [1.82, 2.24) is 24.6 Å². The summed E-state index contributed by atoms with van der Waals surface area (Å²) in [5, 5.41) is 5.01. The number of nitrogen functional groups attached to an aromatic ring is 1. The smallest absolute Gasteiger partial charge is 0.163 e. The van der Waals surface area contributed by atoms with Crippen LogP contribution in [0.4, 0.5) is 5.82 Å². The Balaban J connectivity index is 2.36. The normalized spacial score (nSPS) is 13.2. The van der Waals surface area contributed by atoms with Gasteiger partial charge in [-0.15, -0.1) is 0 Å². The molecule has 0 saturated carbocycles. The van der Waals surface area contributed by atoms with E-state index >= 15 is 0 Å². The summed E-state index contributed by atoms with van der Waals surface area (Å²) in [4.78, 5) is 11.2. The maximum absolute atomic E-state index is 5.52. The summed E-state index contributed by atoms with van der Waals surface area (Å²) in [6, 6.07) is 0.486. The molecule has 19 heavy (non-hydrogen) atoms. The number of hydrazine groups is 1. The predicted molar refractivity (Wildman–Crippen MR) is 75.3 cm³/mol. The van der Waals surface area contributed by atoms with Crippen LogP contribution in [0.2, 0.25) is 0 Å². The Morgan fingerprint density at radius 1 is 1.47 bits per heavy atom. The third kappa shape index (κ3) is 2.66. The maximum atomic E-state index is 5.52. The molecule has 2 aromatic rings. The average Bonchev–Trinajstić information content (AvgIpc) is 2.78. The number of aryl methyl sites for hydroxylation is 1. The fraction of sp³-hybridized carbons (Fsp3) is 0.583. The molecule has 2 rings (SSSR count). The minimum absolute atomic E-state index is 0.486. The van der Waals surface area contributed by atoms with Crippen LogP contribution in [0.1, 0.15) is 26.1 Å². The first-order chi connectivity index (χ1) is 9.06.